The van der Waals surface area contributed by atoms with Crippen molar-refractivity contribution in [3.63, 3.8) is 0 Å². The summed E-state index contributed by atoms with van der Waals surface area (Å²) in [5.74, 6) is -1.59. The van der Waals surface area contributed by atoms with Gasteiger partial charge in [0.25, 0.3) is 0 Å². The molecule has 0 N–H and O–H groups in total. The van der Waals surface area contributed by atoms with E-state index < -0.39 is 48.4 Å². The zero-order valence-corrected chi connectivity index (χ0v) is 13.4. The lowest BCUT2D eigenvalue weighted by atomic mass is 10.2. The third-order valence-electron chi connectivity index (χ3n) is 3.41. The van der Waals surface area contributed by atoms with E-state index in [0.29, 0.717) is 15.6 Å². The highest BCUT2D eigenvalue weighted by molar-refractivity contribution is 6.01. The summed E-state index contributed by atoms with van der Waals surface area (Å²) in [5.41, 5.74) is -0.787. The van der Waals surface area contributed by atoms with Crippen LogP contribution in [0.3, 0.4) is 0 Å². The number of aromatic nitrogens is 3. The van der Waals surface area contributed by atoms with E-state index in [1.54, 1.807) is 0 Å². The summed E-state index contributed by atoms with van der Waals surface area (Å²) in [6.07, 6.45) is 0.850. The monoisotopic (exact) mass is 388 g/mol. The highest BCUT2D eigenvalue weighted by Gasteiger charge is 2.50. The van der Waals surface area contributed by atoms with Crippen LogP contribution in [0.5, 0.6) is 11.8 Å². The normalized spacial score (nSPS) is 15.3. The second-order valence-corrected chi connectivity index (χ2v) is 5.22. The SMILES string of the molecule is C#CCN1C(=O)C(F)(F)Oc2cc(F)c(-n3nc(C)nc3OC(F)F)cc21. The van der Waals surface area contributed by atoms with Crippen LogP contribution < -0.4 is 14.4 Å². The van der Waals surface area contributed by atoms with Crippen molar-refractivity contribution in [2.75, 3.05) is 11.4 Å². The third kappa shape index (κ3) is 3.23. The zero-order valence-electron chi connectivity index (χ0n) is 13.4. The Balaban J connectivity index is 2.17. The molecular formula is C15H9F5N4O3. The minimum Gasteiger partial charge on any atom is -0.423 e. The summed E-state index contributed by atoms with van der Waals surface area (Å²) >= 11 is 0. The van der Waals surface area contributed by atoms with Crippen molar-refractivity contribution < 1.29 is 36.2 Å². The fraction of sp³-hybridized carbons (Fsp3) is 0.267. The second kappa shape index (κ2) is 6.42. The highest BCUT2D eigenvalue weighted by atomic mass is 19.3. The van der Waals surface area contributed by atoms with E-state index in [-0.39, 0.29) is 11.5 Å². The molecule has 1 aromatic heterocycles. The molecule has 1 aliphatic rings. The van der Waals surface area contributed by atoms with Gasteiger partial charge in [0.1, 0.15) is 5.69 Å². The minimum atomic E-state index is -4.24. The van der Waals surface area contributed by atoms with Crippen molar-refractivity contribution in [1.29, 1.82) is 0 Å². The Labute approximate surface area is 148 Å². The standard InChI is InChI=1S/C15H9F5N4O3/c1-3-4-23-10-6-9(24-14(26-13(17)18)21-7(2)22-24)8(16)5-11(10)27-15(19,20)12(23)25/h1,5-6,13H,4H2,2H3. The van der Waals surface area contributed by atoms with Crippen molar-refractivity contribution in [3.05, 3.63) is 23.8 Å². The summed E-state index contributed by atoms with van der Waals surface area (Å²) in [4.78, 5) is 15.9. The molecule has 7 nitrogen and oxygen atoms in total. The van der Waals surface area contributed by atoms with Crippen LogP contribution in [0, 0.1) is 25.1 Å². The minimum absolute atomic E-state index is 0.0258. The second-order valence-electron chi connectivity index (χ2n) is 5.22. The molecule has 0 bridgehead atoms. The van der Waals surface area contributed by atoms with Crippen molar-refractivity contribution >= 4 is 11.6 Å². The Hall–Kier alpha value is -3.36. The maximum Gasteiger partial charge on any atom is 0.483 e. The summed E-state index contributed by atoms with van der Waals surface area (Å²) in [6.45, 7) is -2.50. The molecule has 1 aliphatic heterocycles. The number of ether oxygens (including phenoxy) is 2. The first kappa shape index (κ1) is 18.4. The smallest absolute Gasteiger partial charge is 0.423 e. The summed E-state index contributed by atoms with van der Waals surface area (Å²) in [7, 11) is 0. The Bertz CT molecular complexity index is 954. The number of carbonyl (C=O) groups excluding carboxylic acids is 1. The van der Waals surface area contributed by atoms with Crippen molar-refractivity contribution in [2.45, 2.75) is 19.6 Å². The van der Waals surface area contributed by atoms with Crippen LogP contribution in [-0.2, 0) is 4.79 Å². The fourth-order valence-electron chi connectivity index (χ4n) is 2.39. The van der Waals surface area contributed by atoms with E-state index in [2.05, 4.69) is 19.6 Å². The number of anilines is 1. The molecule has 0 saturated heterocycles. The largest absolute Gasteiger partial charge is 0.483 e. The quantitative estimate of drug-likeness (QED) is 0.594. The van der Waals surface area contributed by atoms with Gasteiger partial charge in [-0.15, -0.1) is 11.5 Å². The summed E-state index contributed by atoms with van der Waals surface area (Å²) < 4.78 is 75.9. The molecule has 0 spiro atoms. The van der Waals surface area contributed by atoms with E-state index in [0.717, 1.165) is 6.07 Å². The number of halogens is 5. The number of hydrogen-bond donors (Lipinski definition) is 0. The Kier molecular flexibility index (Phi) is 4.38. The Morgan fingerprint density at radius 3 is 2.70 bits per heavy atom. The van der Waals surface area contributed by atoms with Gasteiger partial charge in [0, 0.05) is 6.07 Å². The first-order valence-electron chi connectivity index (χ1n) is 7.18. The summed E-state index contributed by atoms with van der Waals surface area (Å²) in [6, 6.07) is 0.706. The molecule has 142 valence electrons. The van der Waals surface area contributed by atoms with Crippen LogP contribution in [0.2, 0.25) is 0 Å². The van der Waals surface area contributed by atoms with Gasteiger partial charge >= 0.3 is 24.6 Å². The predicted octanol–water partition coefficient (Wildman–Crippen LogP) is 2.27. The number of benzene rings is 1. The van der Waals surface area contributed by atoms with Gasteiger partial charge in [-0.2, -0.15) is 27.2 Å². The fourth-order valence-corrected chi connectivity index (χ4v) is 2.39. The van der Waals surface area contributed by atoms with E-state index >= 15 is 0 Å². The Morgan fingerprint density at radius 1 is 1.37 bits per heavy atom. The predicted molar refractivity (Wildman–Crippen MR) is 79.4 cm³/mol. The molecule has 12 heteroatoms. The molecule has 0 unspecified atom stereocenters. The van der Waals surface area contributed by atoms with Gasteiger partial charge < -0.3 is 9.47 Å². The van der Waals surface area contributed by atoms with Crippen LogP contribution >= 0.6 is 0 Å². The number of alkyl halides is 4. The molecule has 2 aromatic rings. The number of carbonyl (C=O) groups is 1. The molecule has 0 atom stereocenters. The summed E-state index contributed by atoms with van der Waals surface area (Å²) in [5, 5.41) is 3.74. The van der Waals surface area contributed by atoms with Crippen molar-refractivity contribution in [2.24, 2.45) is 0 Å². The van der Waals surface area contributed by atoms with Crippen LogP contribution in [0.25, 0.3) is 5.69 Å². The number of amides is 1. The van der Waals surface area contributed by atoms with Gasteiger partial charge in [-0.25, -0.2) is 4.39 Å². The number of terminal acetylenes is 1. The first-order chi connectivity index (χ1) is 12.6. The van der Waals surface area contributed by atoms with Crippen LogP contribution in [0.15, 0.2) is 12.1 Å². The molecule has 27 heavy (non-hydrogen) atoms. The zero-order chi connectivity index (χ0) is 19.9. The molecule has 0 fully saturated rings. The van der Waals surface area contributed by atoms with E-state index in [9.17, 15) is 26.7 Å². The maximum absolute atomic E-state index is 14.5. The van der Waals surface area contributed by atoms with E-state index in [4.69, 9.17) is 6.42 Å². The third-order valence-corrected chi connectivity index (χ3v) is 3.41. The number of nitrogens with zero attached hydrogens (tertiary/aromatic N) is 4. The highest BCUT2D eigenvalue weighted by Crippen LogP contribution is 2.41. The molecule has 0 saturated carbocycles. The topological polar surface area (TPSA) is 69.5 Å². The van der Waals surface area contributed by atoms with Crippen LogP contribution in [0.1, 0.15) is 5.82 Å². The molecule has 0 radical (unpaired) electrons. The van der Waals surface area contributed by atoms with Crippen LogP contribution in [-0.4, -0.2) is 39.9 Å². The molecule has 3 rings (SSSR count). The lowest BCUT2D eigenvalue weighted by molar-refractivity contribution is -0.192. The molecule has 1 aromatic carbocycles. The van der Waals surface area contributed by atoms with E-state index in [1.807, 2.05) is 5.92 Å². The van der Waals surface area contributed by atoms with Gasteiger partial charge in [0.05, 0.1) is 12.2 Å². The number of aryl methyl sites for hydroxylation is 1. The first-order valence-corrected chi connectivity index (χ1v) is 7.18. The average molecular weight is 388 g/mol. The lowest BCUT2D eigenvalue weighted by Crippen LogP contribution is -2.51. The molecular weight excluding hydrogens is 379 g/mol. The van der Waals surface area contributed by atoms with Gasteiger partial charge in [-0.05, 0) is 13.0 Å². The Morgan fingerprint density at radius 2 is 2.07 bits per heavy atom. The maximum atomic E-state index is 14.5. The lowest BCUT2D eigenvalue weighted by Gasteiger charge is -2.32. The number of hydrogen-bond acceptors (Lipinski definition) is 5. The number of rotatable bonds is 4. The van der Waals surface area contributed by atoms with Gasteiger partial charge in [-0.3, -0.25) is 9.69 Å². The van der Waals surface area contributed by atoms with Crippen molar-refractivity contribution in [1.82, 2.24) is 14.8 Å². The van der Waals surface area contributed by atoms with Gasteiger partial charge in [0.2, 0.25) is 0 Å². The molecule has 1 amide bonds. The molecule has 0 aliphatic carbocycles. The van der Waals surface area contributed by atoms with Gasteiger partial charge in [-0.1, -0.05) is 5.92 Å². The van der Waals surface area contributed by atoms with Crippen molar-refractivity contribution in [3.8, 4) is 29.8 Å². The molecule has 2 heterocycles. The van der Waals surface area contributed by atoms with Crippen LogP contribution in [0.4, 0.5) is 27.6 Å². The van der Waals surface area contributed by atoms with Gasteiger partial charge in [0.15, 0.2) is 17.4 Å². The number of fused-ring (bicyclic) bond motifs is 1. The average Bonchev–Trinajstić information content (AvgIpc) is 2.90. The van der Waals surface area contributed by atoms with E-state index in [1.165, 1.54) is 6.92 Å².